The monoisotopic (exact) mass is 354 g/mol. The topological polar surface area (TPSA) is 85.9 Å². The van der Waals surface area contributed by atoms with Crippen molar-refractivity contribution in [2.45, 2.75) is 12.8 Å². The van der Waals surface area contributed by atoms with Gasteiger partial charge in [-0.1, -0.05) is 18.2 Å². The molecule has 26 heavy (non-hydrogen) atoms. The number of hydrogen-bond acceptors (Lipinski definition) is 3. The zero-order chi connectivity index (χ0) is 18.4. The van der Waals surface area contributed by atoms with E-state index in [2.05, 4.69) is 5.32 Å². The summed E-state index contributed by atoms with van der Waals surface area (Å²) in [6, 6.07) is 16.8. The van der Waals surface area contributed by atoms with Crippen molar-refractivity contribution in [2.75, 3.05) is 25.0 Å². The molecule has 136 valence electrons. The van der Waals surface area contributed by atoms with Gasteiger partial charge in [0.05, 0.1) is 19.0 Å². The standard InChI is InChI=1S/C20H23N3O3/c21-20(25)15-5-4-12-23(13-15)14-19(24)22-16-8-10-18(11-9-16)26-17-6-2-1-3-7-17/h1-3,6-11,15H,4-5,12-14H2,(H2,21,25)(H,22,24)/p+1/t15-/m0/s1. The summed E-state index contributed by atoms with van der Waals surface area (Å²) >= 11 is 0. The first-order valence-corrected chi connectivity index (χ1v) is 8.86. The summed E-state index contributed by atoms with van der Waals surface area (Å²) < 4.78 is 5.73. The van der Waals surface area contributed by atoms with Crippen LogP contribution in [0, 0.1) is 5.92 Å². The zero-order valence-electron chi connectivity index (χ0n) is 14.6. The van der Waals surface area contributed by atoms with Gasteiger partial charge in [-0.25, -0.2) is 0 Å². The first-order chi connectivity index (χ1) is 12.6. The molecule has 0 bridgehead atoms. The largest absolute Gasteiger partial charge is 0.457 e. The molecule has 2 atom stereocenters. The van der Waals surface area contributed by atoms with Gasteiger partial charge in [0.25, 0.3) is 5.91 Å². The number of anilines is 1. The fourth-order valence-electron chi connectivity index (χ4n) is 3.22. The molecule has 1 unspecified atom stereocenters. The summed E-state index contributed by atoms with van der Waals surface area (Å²) in [4.78, 5) is 24.7. The molecule has 2 amide bonds. The Bertz CT molecular complexity index is 747. The Balaban J connectivity index is 1.50. The molecule has 0 radical (unpaired) electrons. The Hall–Kier alpha value is -2.86. The van der Waals surface area contributed by atoms with Crippen LogP contribution in [0.2, 0.25) is 0 Å². The van der Waals surface area contributed by atoms with Gasteiger partial charge in [-0.2, -0.15) is 0 Å². The van der Waals surface area contributed by atoms with Crippen molar-refractivity contribution in [2.24, 2.45) is 11.7 Å². The van der Waals surface area contributed by atoms with Crippen LogP contribution in [0.3, 0.4) is 0 Å². The number of carbonyl (C=O) groups is 2. The molecule has 6 heteroatoms. The molecular weight excluding hydrogens is 330 g/mol. The predicted molar refractivity (Wildman–Crippen MR) is 99.1 cm³/mol. The molecule has 2 aromatic rings. The smallest absolute Gasteiger partial charge is 0.279 e. The summed E-state index contributed by atoms with van der Waals surface area (Å²) in [5.41, 5.74) is 6.11. The van der Waals surface area contributed by atoms with Crippen LogP contribution in [0.4, 0.5) is 5.69 Å². The molecule has 1 saturated heterocycles. The molecule has 3 rings (SSSR count). The van der Waals surface area contributed by atoms with Gasteiger partial charge in [0.1, 0.15) is 11.5 Å². The molecule has 1 aliphatic rings. The lowest BCUT2D eigenvalue weighted by atomic mass is 9.97. The van der Waals surface area contributed by atoms with Crippen molar-refractivity contribution in [3.05, 3.63) is 54.6 Å². The van der Waals surface area contributed by atoms with Crippen molar-refractivity contribution in [1.29, 1.82) is 0 Å². The van der Waals surface area contributed by atoms with Gasteiger partial charge in [0.2, 0.25) is 5.91 Å². The van der Waals surface area contributed by atoms with Crippen molar-refractivity contribution >= 4 is 17.5 Å². The summed E-state index contributed by atoms with van der Waals surface area (Å²) in [5, 5.41) is 2.89. The summed E-state index contributed by atoms with van der Waals surface area (Å²) in [6.45, 7) is 1.86. The van der Waals surface area contributed by atoms with E-state index in [9.17, 15) is 9.59 Å². The van der Waals surface area contributed by atoms with E-state index in [0.717, 1.165) is 35.7 Å². The number of quaternary nitrogens is 1. The van der Waals surface area contributed by atoms with Crippen LogP contribution in [0.25, 0.3) is 0 Å². The minimum absolute atomic E-state index is 0.0677. The quantitative estimate of drug-likeness (QED) is 0.729. The third-order valence-corrected chi connectivity index (χ3v) is 4.55. The lowest BCUT2D eigenvalue weighted by molar-refractivity contribution is -0.899. The van der Waals surface area contributed by atoms with Gasteiger partial charge in [-0.15, -0.1) is 0 Å². The third-order valence-electron chi connectivity index (χ3n) is 4.55. The van der Waals surface area contributed by atoms with Gasteiger partial charge in [-0.3, -0.25) is 9.59 Å². The van der Waals surface area contributed by atoms with Crippen molar-refractivity contribution in [3.63, 3.8) is 0 Å². The number of likely N-dealkylation sites (tertiary alicyclic amines) is 1. The van der Waals surface area contributed by atoms with Crippen LogP contribution in [-0.2, 0) is 9.59 Å². The summed E-state index contributed by atoms with van der Waals surface area (Å²) in [7, 11) is 0. The lowest BCUT2D eigenvalue weighted by Crippen LogP contribution is -3.14. The van der Waals surface area contributed by atoms with E-state index in [0.29, 0.717) is 18.8 Å². The molecule has 4 N–H and O–H groups in total. The molecular formula is C20H24N3O3+. The average molecular weight is 354 g/mol. The molecule has 0 saturated carbocycles. The Morgan fingerprint density at radius 2 is 1.77 bits per heavy atom. The highest BCUT2D eigenvalue weighted by molar-refractivity contribution is 5.91. The fourth-order valence-corrected chi connectivity index (χ4v) is 3.22. The first-order valence-electron chi connectivity index (χ1n) is 8.86. The second-order valence-electron chi connectivity index (χ2n) is 6.61. The Kier molecular flexibility index (Phi) is 5.86. The Morgan fingerprint density at radius 3 is 2.46 bits per heavy atom. The van der Waals surface area contributed by atoms with Gasteiger partial charge in [-0.05, 0) is 49.2 Å². The summed E-state index contributed by atoms with van der Waals surface area (Å²) in [5.74, 6) is 1.02. The number of ether oxygens (including phenoxy) is 1. The number of primary amides is 1. The van der Waals surface area contributed by atoms with Crippen molar-refractivity contribution in [3.8, 4) is 11.5 Å². The van der Waals surface area contributed by atoms with Crippen LogP contribution in [0.1, 0.15) is 12.8 Å². The highest BCUT2D eigenvalue weighted by Crippen LogP contribution is 2.22. The predicted octanol–water partition coefficient (Wildman–Crippen LogP) is 1.20. The van der Waals surface area contributed by atoms with Crippen LogP contribution < -0.4 is 20.7 Å². The number of para-hydroxylation sites is 1. The molecule has 0 aromatic heterocycles. The van der Waals surface area contributed by atoms with E-state index in [-0.39, 0.29) is 17.7 Å². The van der Waals surface area contributed by atoms with Gasteiger partial charge >= 0.3 is 0 Å². The van der Waals surface area contributed by atoms with E-state index in [1.54, 1.807) is 0 Å². The van der Waals surface area contributed by atoms with E-state index >= 15 is 0 Å². The maximum atomic E-state index is 12.3. The summed E-state index contributed by atoms with van der Waals surface area (Å²) in [6.07, 6.45) is 1.74. The second-order valence-corrected chi connectivity index (χ2v) is 6.61. The maximum Gasteiger partial charge on any atom is 0.279 e. The van der Waals surface area contributed by atoms with E-state index < -0.39 is 0 Å². The zero-order valence-corrected chi connectivity index (χ0v) is 14.6. The number of amides is 2. The van der Waals surface area contributed by atoms with E-state index in [1.165, 1.54) is 0 Å². The number of nitrogens with one attached hydrogen (secondary N) is 2. The molecule has 6 nitrogen and oxygen atoms in total. The third kappa shape index (κ3) is 5.07. The maximum absolute atomic E-state index is 12.3. The molecule has 2 aromatic carbocycles. The number of hydrogen-bond donors (Lipinski definition) is 3. The second kappa shape index (κ2) is 8.49. The Labute approximate surface area is 152 Å². The van der Waals surface area contributed by atoms with Crippen LogP contribution in [0.15, 0.2) is 54.6 Å². The average Bonchev–Trinajstić information content (AvgIpc) is 2.64. The minimum atomic E-state index is -0.267. The molecule has 0 spiro atoms. The SMILES string of the molecule is NC(=O)[C@H]1CCC[NH+](CC(=O)Nc2ccc(Oc3ccccc3)cc2)C1. The highest BCUT2D eigenvalue weighted by Gasteiger charge is 2.28. The van der Waals surface area contributed by atoms with Crippen LogP contribution in [0.5, 0.6) is 11.5 Å². The lowest BCUT2D eigenvalue weighted by Gasteiger charge is -2.27. The molecule has 1 aliphatic heterocycles. The van der Waals surface area contributed by atoms with E-state index in [4.69, 9.17) is 10.5 Å². The molecule has 1 fully saturated rings. The van der Waals surface area contributed by atoms with Gasteiger partial charge in [0.15, 0.2) is 6.54 Å². The molecule has 0 aliphatic carbocycles. The van der Waals surface area contributed by atoms with Crippen LogP contribution in [-0.4, -0.2) is 31.4 Å². The fraction of sp³-hybridized carbons (Fsp3) is 0.300. The highest BCUT2D eigenvalue weighted by atomic mass is 16.5. The van der Waals surface area contributed by atoms with E-state index in [1.807, 2.05) is 54.6 Å². The molecule has 1 heterocycles. The van der Waals surface area contributed by atoms with Gasteiger partial charge in [0, 0.05) is 5.69 Å². The van der Waals surface area contributed by atoms with Crippen molar-refractivity contribution in [1.82, 2.24) is 0 Å². The van der Waals surface area contributed by atoms with Crippen molar-refractivity contribution < 1.29 is 19.2 Å². The number of rotatable bonds is 6. The number of carbonyl (C=O) groups excluding carboxylic acids is 2. The number of piperidine rings is 1. The minimum Gasteiger partial charge on any atom is -0.457 e. The number of nitrogens with two attached hydrogens (primary N) is 1. The van der Waals surface area contributed by atoms with Crippen LogP contribution >= 0.6 is 0 Å². The van der Waals surface area contributed by atoms with Gasteiger partial charge < -0.3 is 20.7 Å². The first kappa shape index (κ1) is 17.9. The number of benzene rings is 2. The Morgan fingerprint density at radius 1 is 1.08 bits per heavy atom. The normalized spacial score (nSPS) is 19.5.